The van der Waals surface area contributed by atoms with E-state index < -0.39 is 16.9 Å². The van der Waals surface area contributed by atoms with E-state index in [1.54, 1.807) is 37.3 Å². The van der Waals surface area contributed by atoms with Gasteiger partial charge in [0.05, 0.1) is 53.2 Å². The Kier molecular flexibility index (Phi) is 8.58. The maximum Gasteiger partial charge on any atom is 0.338 e. The summed E-state index contributed by atoms with van der Waals surface area (Å²) in [5.41, 5.74) is 1.56. The predicted octanol–water partition coefficient (Wildman–Crippen LogP) is 4.76. The summed E-state index contributed by atoms with van der Waals surface area (Å²) < 4.78 is 24.3. The van der Waals surface area contributed by atoms with Crippen LogP contribution in [0.3, 0.4) is 0 Å². The van der Waals surface area contributed by atoms with Crippen molar-refractivity contribution in [2.45, 2.75) is 32.7 Å². The monoisotopic (exact) mass is 603 g/mol. The molecule has 5 rings (SSSR count). The number of thiazole rings is 1. The average molecular weight is 604 g/mol. The van der Waals surface area contributed by atoms with Crippen molar-refractivity contribution in [3.8, 4) is 22.8 Å². The number of methoxy groups -OCH3 is 2. The number of fused-ring (bicyclic) bond motifs is 1. The third-order valence-corrected chi connectivity index (χ3v) is 7.87. The largest absolute Gasteiger partial charge is 0.496 e. The molecule has 0 saturated heterocycles. The average Bonchev–Trinajstić information content (AvgIpc) is 3.60. The second-order valence-corrected chi connectivity index (χ2v) is 10.5. The van der Waals surface area contributed by atoms with Gasteiger partial charge in [-0.2, -0.15) is 0 Å². The first-order chi connectivity index (χ1) is 20.8. The number of carbonyl (C=O) groups is 1. The molecule has 0 spiro atoms. The topological polar surface area (TPSA) is 135 Å². The van der Waals surface area contributed by atoms with E-state index in [0.717, 1.165) is 6.42 Å². The van der Waals surface area contributed by atoms with Crippen LogP contribution < -0.4 is 24.4 Å². The summed E-state index contributed by atoms with van der Waals surface area (Å²) in [7, 11) is 2.96. The van der Waals surface area contributed by atoms with E-state index in [0.29, 0.717) is 55.4 Å². The zero-order valence-corrected chi connectivity index (χ0v) is 24.8. The van der Waals surface area contributed by atoms with Gasteiger partial charge in [-0.3, -0.25) is 19.5 Å². The lowest BCUT2D eigenvalue weighted by Crippen LogP contribution is -2.40. The molecule has 0 radical (unpaired) electrons. The highest BCUT2D eigenvalue weighted by molar-refractivity contribution is 7.07. The fourth-order valence-corrected chi connectivity index (χ4v) is 6.01. The van der Waals surface area contributed by atoms with Gasteiger partial charge in [-0.1, -0.05) is 42.9 Å². The molecule has 0 aliphatic carbocycles. The molecule has 0 amide bonds. The second kappa shape index (κ2) is 12.5. The van der Waals surface area contributed by atoms with Crippen LogP contribution in [0.4, 0.5) is 5.69 Å². The molecule has 222 valence electrons. The molecule has 0 bridgehead atoms. The highest BCUT2D eigenvalue weighted by Gasteiger charge is 2.35. The van der Waals surface area contributed by atoms with E-state index in [2.05, 4.69) is 0 Å². The van der Waals surface area contributed by atoms with Crippen molar-refractivity contribution in [3.63, 3.8) is 0 Å². The van der Waals surface area contributed by atoms with Crippen LogP contribution in [-0.4, -0.2) is 36.3 Å². The molecule has 12 heteroatoms. The van der Waals surface area contributed by atoms with Gasteiger partial charge in [-0.05, 0) is 37.6 Å². The van der Waals surface area contributed by atoms with E-state index in [4.69, 9.17) is 23.6 Å². The van der Waals surface area contributed by atoms with Crippen LogP contribution in [-0.2, 0) is 9.53 Å². The number of nitro groups is 1. The minimum Gasteiger partial charge on any atom is -0.496 e. The molecular formula is C31H29N3O8S. The number of hydrogen-bond acceptors (Lipinski definition) is 10. The summed E-state index contributed by atoms with van der Waals surface area (Å²) >= 11 is 1.18. The van der Waals surface area contributed by atoms with Crippen LogP contribution in [0, 0.1) is 10.1 Å². The SMILES string of the molecule is CCCC1=C(C(=O)OCC)[C@H](c2ccccc2OC)n2c(s/c(=C\c3ccc(-c4ccc([N+](=O)[O-])cc4OC)o3)c2=O)=N1. The number of furan rings is 1. The first-order valence-corrected chi connectivity index (χ1v) is 14.4. The van der Waals surface area contributed by atoms with E-state index >= 15 is 0 Å². The Bertz CT molecular complexity index is 1920. The van der Waals surface area contributed by atoms with Crippen LogP contribution in [0.2, 0.25) is 0 Å². The van der Waals surface area contributed by atoms with Crippen molar-refractivity contribution < 1.29 is 28.3 Å². The highest BCUT2D eigenvalue weighted by atomic mass is 32.1. The summed E-state index contributed by atoms with van der Waals surface area (Å²) in [4.78, 5) is 43.3. The molecule has 4 aromatic rings. The molecule has 2 aromatic heterocycles. The summed E-state index contributed by atoms with van der Waals surface area (Å²) in [6, 6.07) is 14.1. The molecule has 1 atom stereocenters. The minimum absolute atomic E-state index is 0.109. The van der Waals surface area contributed by atoms with Gasteiger partial charge in [-0.15, -0.1) is 0 Å². The Hall–Kier alpha value is -4.97. The minimum atomic E-state index is -0.813. The maximum atomic E-state index is 14.0. The number of non-ortho nitro benzene ring substituents is 1. The Morgan fingerprint density at radius 1 is 1.12 bits per heavy atom. The molecule has 11 nitrogen and oxygen atoms in total. The Morgan fingerprint density at radius 2 is 1.88 bits per heavy atom. The molecule has 0 unspecified atom stereocenters. The second-order valence-electron chi connectivity index (χ2n) is 9.50. The van der Waals surface area contributed by atoms with Crippen LogP contribution in [0.5, 0.6) is 11.5 Å². The number of benzene rings is 2. The fourth-order valence-electron chi connectivity index (χ4n) is 5.01. The zero-order chi connectivity index (χ0) is 30.7. The number of para-hydroxylation sites is 1. The lowest BCUT2D eigenvalue weighted by Gasteiger charge is -2.26. The molecule has 0 saturated carbocycles. The molecule has 0 fully saturated rings. The maximum absolute atomic E-state index is 14.0. The van der Waals surface area contributed by atoms with Crippen LogP contribution in [0.15, 0.2) is 80.1 Å². The molecule has 43 heavy (non-hydrogen) atoms. The first-order valence-electron chi connectivity index (χ1n) is 13.6. The summed E-state index contributed by atoms with van der Waals surface area (Å²) in [5.74, 6) is 1.06. The van der Waals surface area contributed by atoms with Crippen LogP contribution in [0.25, 0.3) is 17.4 Å². The van der Waals surface area contributed by atoms with Gasteiger partial charge in [0.1, 0.15) is 29.1 Å². The number of allylic oxidation sites excluding steroid dienone is 1. The molecular weight excluding hydrogens is 574 g/mol. The third-order valence-electron chi connectivity index (χ3n) is 6.89. The molecule has 1 aliphatic rings. The van der Waals surface area contributed by atoms with E-state index in [-0.39, 0.29) is 23.6 Å². The highest BCUT2D eigenvalue weighted by Crippen LogP contribution is 2.37. The number of esters is 1. The van der Waals surface area contributed by atoms with Crippen molar-refractivity contribution in [3.05, 3.63) is 107 Å². The number of aromatic nitrogens is 1. The fraction of sp³-hybridized carbons (Fsp3) is 0.258. The van der Waals surface area contributed by atoms with E-state index in [1.807, 2.05) is 25.1 Å². The van der Waals surface area contributed by atoms with E-state index in [9.17, 15) is 19.7 Å². The van der Waals surface area contributed by atoms with Crippen molar-refractivity contribution in [1.29, 1.82) is 0 Å². The molecule has 1 aliphatic heterocycles. The van der Waals surface area contributed by atoms with Crippen molar-refractivity contribution in [2.75, 3.05) is 20.8 Å². The Labute approximate surface area is 250 Å². The lowest BCUT2D eigenvalue weighted by molar-refractivity contribution is -0.384. The van der Waals surface area contributed by atoms with Gasteiger partial charge in [0.2, 0.25) is 0 Å². The normalized spacial score (nSPS) is 14.7. The number of rotatable bonds is 10. The Balaban J connectivity index is 1.67. The van der Waals surface area contributed by atoms with Crippen molar-refractivity contribution >= 4 is 29.1 Å². The molecule has 0 N–H and O–H groups in total. The van der Waals surface area contributed by atoms with Crippen LogP contribution in [0.1, 0.15) is 44.1 Å². The predicted molar refractivity (Wildman–Crippen MR) is 160 cm³/mol. The van der Waals surface area contributed by atoms with Gasteiger partial charge in [0, 0.05) is 17.7 Å². The molecule has 2 aromatic carbocycles. The van der Waals surface area contributed by atoms with E-state index in [1.165, 1.54) is 42.3 Å². The first kappa shape index (κ1) is 29.5. The summed E-state index contributed by atoms with van der Waals surface area (Å²) in [6.45, 7) is 3.90. The van der Waals surface area contributed by atoms with Crippen molar-refractivity contribution in [2.24, 2.45) is 4.99 Å². The van der Waals surface area contributed by atoms with Gasteiger partial charge in [0.25, 0.3) is 11.2 Å². The smallest absolute Gasteiger partial charge is 0.338 e. The van der Waals surface area contributed by atoms with Gasteiger partial charge in [0.15, 0.2) is 4.80 Å². The quantitative estimate of drug-likeness (QED) is 0.144. The van der Waals surface area contributed by atoms with Gasteiger partial charge >= 0.3 is 5.97 Å². The zero-order valence-electron chi connectivity index (χ0n) is 24.0. The third kappa shape index (κ3) is 5.61. The summed E-state index contributed by atoms with van der Waals surface area (Å²) in [5, 5.41) is 11.2. The Morgan fingerprint density at radius 3 is 2.58 bits per heavy atom. The summed E-state index contributed by atoms with van der Waals surface area (Å²) in [6.07, 6.45) is 2.86. The number of hydrogen-bond donors (Lipinski definition) is 0. The number of ether oxygens (including phenoxy) is 3. The number of nitrogens with zero attached hydrogens (tertiary/aromatic N) is 3. The van der Waals surface area contributed by atoms with Crippen LogP contribution >= 0.6 is 11.3 Å². The number of nitro benzene ring substituents is 1. The number of carbonyl (C=O) groups excluding carboxylic acids is 1. The standard InChI is InChI=1S/C31H29N3O8S/c1-5-9-22-27(30(36)41-6-2)28(21-10-7-8-11-23(21)39-3)33-29(35)26(43-31(33)32-22)17-19-13-15-24(42-19)20-14-12-18(34(37)38)16-25(20)40-4/h7-8,10-17,28H,5-6,9H2,1-4H3/b26-17-/t28-/m0/s1. The molecule has 3 heterocycles. The lowest BCUT2D eigenvalue weighted by atomic mass is 9.93. The van der Waals surface area contributed by atoms with Gasteiger partial charge in [-0.25, -0.2) is 9.79 Å². The van der Waals surface area contributed by atoms with Crippen molar-refractivity contribution in [1.82, 2.24) is 4.57 Å². The van der Waals surface area contributed by atoms with Gasteiger partial charge < -0.3 is 18.6 Å².